The molecule has 0 saturated carbocycles. The van der Waals surface area contributed by atoms with Gasteiger partial charge >= 0.3 is 0 Å². The van der Waals surface area contributed by atoms with E-state index in [-0.39, 0.29) is 17.7 Å². The van der Waals surface area contributed by atoms with Gasteiger partial charge in [0.05, 0.1) is 6.54 Å². The maximum atomic E-state index is 11.8. The number of anilines is 2. The standard InChI is InChI=1S/C10H15ClN6O/c1-12-9-14-8(11)15-10(16-9)13-6-7(18)17-4-2-3-5-17/h2-6H2,1H3,(H2,12,13,14,15,16). The van der Waals surface area contributed by atoms with Gasteiger partial charge < -0.3 is 15.5 Å². The molecule has 7 nitrogen and oxygen atoms in total. The van der Waals surface area contributed by atoms with Gasteiger partial charge in [0.1, 0.15) is 0 Å². The summed E-state index contributed by atoms with van der Waals surface area (Å²) in [5.41, 5.74) is 0. The Kier molecular flexibility index (Phi) is 4.14. The molecule has 8 heteroatoms. The van der Waals surface area contributed by atoms with Crippen LogP contribution in [0.4, 0.5) is 11.9 Å². The fourth-order valence-corrected chi connectivity index (χ4v) is 1.93. The summed E-state index contributed by atoms with van der Waals surface area (Å²) in [4.78, 5) is 25.4. The Morgan fingerprint density at radius 2 is 1.94 bits per heavy atom. The van der Waals surface area contributed by atoms with Crippen molar-refractivity contribution in [2.45, 2.75) is 12.8 Å². The quantitative estimate of drug-likeness (QED) is 0.834. The first-order valence-electron chi connectivity index (χ1n) is 5.80. The molecule has 0 bridgehead atoms. The maximum Gasteiger partial charge on any atom is 0.241 e. The van der Waals surface area contributed by atoms with E-state index < -0.39 is 0 Å². The second-order valence-corrected chi connectivity index (χ2v) is 4.28. The van der Waals surface area contributed by atoms with Crippen LogP contribution in [0, 0.1) is 0 Å². The van der Waals surface area contributed by atoms with Crippen molar-refractivity contribution in [1.82, 2.24) is 19.9 Å². The van der Waals surface area contributed by atoms with Gasteiger partial charge in [0.2, 0.25) is 23.1 Å². The highest BCUT2D eigenvalue weighted by Crippen LogP contribution is 2.10. The summed E-state index contributed by atoms with van der Waals surface area (Å²) in [7, 11) is 1.69. The highest BCUT2D eigenvalue weighted by molar-refractivity contribution is 6.28. The van der Waals surface area contributed by atoms with E-state index >= 15 is 0 Å². The molecule has 1 aliphatic rings. The predicted molar refractivity (Wildman–Crippen MR) is 68.7 cm³/mol. The number of amides is 1. The third-order valence-electron chi connectivity index (χ3n) is 2.69. The van der Waals surface area contributed by atoms with Gasteiger partial charge in [0, 0.05) is 20.1 Å². The Labute approximate surface area is 110 Å². The number of halogens is 1. The van der Waals surface area contributed by atoms with Gasteiger partial charge in [-0.1, -0.05) is 0 Å². The van der Waals surface area contributed by atoms with E-state index in [0.717, 1.165) is 25.9 Å². The molecular weight excluding hydrogens is 256 g/mol. The summed E-state index contributed by atoms with van der Waals surface area (Å²) in [6.07, 6.45) is 2.15. The van der Waals surface area contributed by atoms with Crippen LogP contribution < -0.4 is 10.6 Å². The van der Waals surface area contributed by atoms with Crippen molar-refractivity contribution in [1.29, 1.82) is 0 Å². The molecule has 1 saturated heterocycles. The minimum Gasteiger partial charge on any atom is -0.357 e. The minimum absolute atomic E-state index is 0.0510. The van der Waals surface area contributed by atoms with Crippen LogP contribution in [0.3, 0.4) is 0 Å². The highest BCUT2D eigenvalue weighted by atomic mass is 35.5. The number of hydrogen-bond donors (Lipinski definition) is 2. The molecule has 1 aromatic heterocycles. The topological polar surface area (TPSA) is 83.0 Å². The number of nitrogens with one attached hydrogen (secondary N) is 2. The van der Waals surface area contributed by atoms with Gasteiger partial charge in [-0.25, -0.2) is 0 Å². The number of nitrogens with zero attached hydrogens (tertiary/aromatic N) is 4. The Hall–Kier alpha value is -1.63. The summed E-state index contributed by atoms with van der Waals surface area (Å²) in [6, 6.07) is 0. The lowest BCUT2D eigenvalue weighted by atomic mass is 10.4. The minimum atomic E-state index is 0.0510. The van der Waals surface area contributed by atoms with Crippen molar-refractivity contribution < 1.29 is 4.79 Å². The molecule has 2 rings (SSSR count). The Morgan fingerprint density at radius 1 is 1.28 bits per heavy atom. The molecule has 2 N–H and O–H groups in total. The molecule has 0 atom stereocenters. The fraction of sp³-hybridized carbons (Fsp3) is 0.600. The van der Waals surface area contributed by atoms with E-state index in [4.69, 9.17) is 11.6 Å². The molecule has 0 aromatic carbocycles. The van der Waals surface area contributed by atoms with Crippen LogP contribution in [0.1, 0.15) is 12.8 Å². The molecule has 0 radical (unpaired) electrons. The third kappa shape index (κ3) is 3.19. The highest BCUT2D eigenvalue weighted by Gasteiger charge is 2.17. The first kappa shape index (κ1) is 12.8. The average molecular weight is 271 g/mol. The molecule has 98 valence electrons. The van der Waals surface area contributed by atoms with Crippen molar-refractivity contribution in [2.75, 3.05) is 37.3 Å². The summed E-state index contributed by atoms with van der Waals surface area (Å²) < 4.78 is 0. The van der Waals surface area contributed by atoms with Crippen molar-refractivity contribution in [3.63, 3.8) is 0 Å². The molecule has 1 aromatic rings. The predicted octanol–water partition coefficient (Wildman–Crippen LogP) is 0.601. The van der Waals surface area contributed by atoms with Gasteiger partial charge in [-0.15, -0.1) is 0 Å². The van der Waals surface area contributed by atoms with E-state index in [1.807, 2.05) is 4.90 Å². The summed E-state index contributed by atoms with van der Waals surface area (Å²) >= 11 is 5.73. The lowest BCUT2D eigenvalue weighted by Gasteiger charge is -2.15. The van der Waals surface area contributed by atoms with Crippen molar-refractivity contribution in [2.24, 2.45) is 0 Å². The monoisotopic (exact) mass is 270 g/mol. The molecule has 18 heavy (non-hydrogen) atoms. The number of rotatable bonds is 4. The molecule has 0 aliphatic carbocycles. The number of carbonyl (C=O) groups excluding carboxylic acids is 1. The van der Waals surface area contributed by atoms with E-state index in [1.165, 1.54) is 0 Å². The van der Waals surface area contributed by atoms with Crippen LogP contribution in [0.25, 0.3) is 0 Å². The van der Waals surface area contributed by atoms with Crippen molar-refractivity contribution >= 4 is 29.4 Å². The SMILES string of the molecule is CNc1nc(Cl)nc(NCC(=O)N2CCCC2)n1. The Bertz CT molecular complexity index is 434. The molecule has 1 amide bonds. The van der Waals surface area contributed by atoms with E-state index in [0.29, 0.717) is 11.9 Å². The van der Waals surface area contributed by atoms with Gasteiger partial charge in [0.25, 0.3) is 0 Å². The molecular formula is C10H15ClN6O. The summed E-state index contributed by atoms with van der Waals surface area (Å²) in [5, 5.41) is 5.72. The van der Waals surface area contributed by atoms with Crippen molar-refractivity contribution in [3.05, 3.63) is 5.28 Å². The zero-order chi connectivity index (χ0) is 13.0. The molecule has 1 fully saturated rings. The molecule has 0 unspecified atom stereocenters. The van der Waals surface area contributed by atoms with Crippen molar-refractivity contribution in [3.8, 4) is 0 Å². The van der Waals surface area contributed by atoms with E-state index in [1.54, 1.807) is 7.05 Å². The second-order valence-electron chi connectivity index (χ2n) is 3.94. The number of likely N-dealkylation sites (tertiary alicyclic amines) is 1. The number of carbonyl (C=O) groups is 1. The zero-order valence-electron chi connectivity index (χ0n) is 10.1. The lowest BCUT2D eigenvalue weighted by molar-refractivity contribution is -0.128. The smallest absolute Gasteiger partial charge is 0.241 e. The molecule has 2 heterocycles. The first-order chi connectivity index (χ1) is 8.69. The van der Waals surface area contributed by atoms with E-state index in [9.17, 15) is 4.79 Å². The maximum absolute atomic E-state index is 11.8. The average Bonchev–Trinajstić information content (AvgIpc) is 2.89. The van der Waals surface area contributed by atoms with Crippen LogP contribution in [-0.4, -0.2) is 52.4 Å². The van der Waals surface area contributed by atoms with Gasteiger partial charge in [-0.05, 0) is 24.4 Å². The Morgan fingerprint density at radius 3 is 2.61 bits per heavy atom. The summed E-state index contributed by atoms with van der Waals surface area (Å²) in [6.45, 7) is 1.84. The largest absolute Gasteiger partial charge is 0.357 e. The molecule has 0 spiro atoms. The Balaban J connectivity index is 1.92. The van der Waals surface area contributed by atoms with Gasteiger partial charge in [-0.2, -0.15) is 15.0 Å². The van der Waals surface area contributed by atoms with Crippen LogP contribution >= 0.6 is 11.6 Å². The molecule has 1 aliphatic heterocycles. The second kappa shape index (κ2) is 5.81. The number of hydrogen-bond acceptors (Lipinski definition) is 6. The van der Waals surface area contributed by atoms with Gasteiger partial charge in [-0.3, -0.25) is 4.79 Å². The fourth-order valence-electron chi connectivity index (χ4n) is 1.77. The van der Waals surface area contributed by atoms with Crippen LogP contribution in [0.5, 0.6) is 0 Å². The lowest BCUT2D eigenvalue weighted by Crippen LogP contribution is -2.33. The third-order valence-corrected chi connectivity index (χ3v) is 2.86. The normalized spacial score (nSPS) is 14.7. The van der Waals surface area contributed by atoms with Crippen LogP contribution in [-0.2, 0) is 4.79 Å². The van der Waals surface area contributed by atoms with Gasteiger partial charge in [0.15, 0.2) is 0 Å². The van der Waals surface area contributed by atoms with Crippen LogP contribution in [0.2, 0.25) is 5.28 Å². The zero-order valence-corrected chi connectivity index (χ0v) is 10.9. The first-order valence-corrected chi connectivity index (χ1v) is 6.18. The van der Waals surface area contributed by atoms with E-state index in [2.05, 4.69) is 25.6 Å². The number of aromatic nitrogens is 3. The van der Waals surface area contributed by atoms with Crippen LogP contribution in [0.15, 0.2) is 0 Å². The summed E-state index contributed by atoms with van der Waals surface area (Å²) in [5.74, 6) is 0.716.